The number of nitrogens with one attached hydrogen (secondary N) is 2. The van der Waals surface area contributed by atoms with Crippen LogP contribution in [0.15, 0.2) is 53.1 Å². The van der Waals surface area contributed by atoms with Crippen molar-refractivity contribution in [2.45, 2.75) is 25.4 Å². The van der Waals surface area contributed by atoms with Crippen molar-refractivity contribution in [1.82, 2.24) is 15.5 Å². The van der Waals surface area contributed by atoms with Gasteiger partial charge in [0.1, 0.15) is 6.04 Å². The lowest BCUT2D eigenvalue weighted by Crippen LogP contribution is -2.47. The van der Waals surface area contributed by atoms with Gasteiger partial charge < -0.3 is 20.0 Å². The Bertz CT molecular complexity index is 707. The summed E-state index contributed by atoms with van der Waals surface area (Å²) < 4.78 is 5.10. The van der Waals surface area contributed by atoms with Crippen LogP contribution in [0.1, 0.15) is 29.0 Å². The molecule has 0 bridgehead atoms. The first-order valence-corrected chi connectivity index (χ1v) is 10.8. The highest BCUT2D eigenvalue weighted by Gasteiger charge is 2.21. The average molecular weight is 404 g/mol. The van der Waals surface area contributed by atoms with Gasteiger partial charge in [-0.3, -0.25) is 9.59 Å². The minimum atomic E-state index is -0.563. The van der Waals surface area contributed by atoms with Gasteiger partial charge in [0, 0.05) is 13.1 Å². The van der Waals surface area contributed by atoms with Crippen molar-refractivity contribution in [2.24, 2.45) is 0 Å². The number of rotatable bonds is 12. The van der Waals surface area contributed by atoms with E-state index >= 15 is 0 Å². The smallest absolute Gasteiger partial charge is 0.287 e. The van der Waals surface area contributed by atoms with E-state index in [0.29, 0.717) is 13.0 Å². The number of hydrogen-bond donors (Lipinski definition) is 2. The van der Waals surface area contributed by atoms with Crippen molar-refractivity contribution < 1.29 is 14.0 Å². The SMILES string of the molecule is CSCCC(NC(=O)c1ccco1)C(=O)NCCCN(C)Cc1ccccc1. The van der Waals surface area contributed by atoms with E-state index in [4.69, 9.17) is 4.42 Å². The second-order valence-corrected chi connectivity index (χ2v) is 7.64. The molecule has 0 fully saturated rings. The summed E-state index contributed by atoms with van der Waals surface area (Å²) in [5.74, 6) is 0.481. The first kappa shape index (κ1) is 22.0. The van der Waals surface area contributed by atoms with E-state index in [9.17, 15) is 9.59 Å². The van der Waals surface area contributed by atoms with Gasteiger partial charge in [0.15, 0.2) is 5.76 Å². The molecule has 0 aliphatic rings. The molecular weight excluding hydrogens is 374 g/mol. The maximum Gasteiger partial charge on any atom is 0.287 e. The summed E-state index contributed by atoms with van der Waals surface area (Å²) in [6.45, 7) is 2.33. The molecule has 0 spiro atoms. The monoisotopic (exact) mass is 403 g/mol. The number of carbonyl (C=O) groups excluding carboxylic acids is 2. The molecule has 28 heavy (non-hydrogen) atoms. The van der Waals surface area contributed by atoms with Gasteiger partial charge >= 0.3 is 0 Å². The summed E-state index contributed by atoms with van der Waals surface area (Å²) in [7, 11) is 2.07. The Morgan fingerprint density at radius 2 is 1.96 bits per heavy atom. The summed E-state index contributed by atoms with van der Waals surface area (Å²) in [6, 6.07) is 13.0. The molecule has 152 valence electrons. The molecule has 1 aromatic heterocycles. The number of thioether (sulfide) groups is 1. The molecule has 2 amide bonds. The second-order valence-electron chi connectivity index (χ2n) is 6.65. The van der Waals surface area contributed by atoms with Crippen LogP contribution >= 0.6 is 11.8 Å². The van der Waals surface area contributed by atoms with Gasteiger partial charge in [0.05, 0.1) is 6.26 Å². The molecular formula is C21H29N3O3S. The van der Waals surface area contributed by atoms with E-state index in [1.165, 1.54) is 11.8 Å². The van der Waals surface area contributed by atoms with E-state index in [2.05, 4.69) is 34.7 Å². The Hall–Kier alpha value is -2.25. The lowest BCUT2D eigenvalue weighted by atomic mass is 10.2. The predicted molar refractivity (Wildman–Crippen MR) is 113 cm³/mol. The zero-order chi connectivity index (χ0) is 20.2. The molecule has 0 aliphatic heterocycles. The van der Waals surface area contributed by atoms with Gasteiger partial charge in [-0.15, -0.1) is 0 Å². The fourth-order valence-corrected chi connectivity index (χ4v) is 3.27. The summed E-state index contributed by atoms with van der Waals surface area (Å²) in [4.78, 5) is 26.9. The molecule has 0 radical (unpaired) electrons. The zero-order valence-corrected chi connectivity index (χ0v) is 17.3. The van der Waals surface area contributed by atoms with E-state index in [-0.39, 0.29) is 17.6 Å². The van der Waals surface area contributed by atoms with Crippen LogP contribution in [0.2, 0.25) is 0 Å². The van der Waals surface area contributed by atoms with Crippen LogP contribution in [-0.2, 0) is 11.3 Å². The van der Waals surface area contributed by atoms with Crippen molar-refractivity contribution in [2.75, 3.05) is 32.1 Å². The number of carbonyl (C=O) groups is 2. The quantitative estimate of drug-likeness (QED) is 0.533. The van der Waals surface area contributed by atoms with E-state index in [1.54, 1.807) is 23.9 Å². The molecule has 1 aromatic carbocycles. The van der Waals surface area contributed by atoms with Gasteiger partial charge in [-0.25, -0.2) is 0 Å². The van der Waals surface area contributed by atoms with Crippen LogP contribution in [-0.4, -0.2) is 54.9 Å². The average Bonchev–Trinajstić information content (AvgIpc) is 3.24. The van der Waals surface area contributed by atoms with E-state index in [1.807, 2.05) is 24.5 Å². The fourth-order valence-electron chi connectivity index (χ4n) is 2.80. The van der Waals surface area contributed by atoms with Crippen LogP contribution in [0.25, 0.3) is 0 Å². The third-order valence-corrected chi connectivity index (χ3v) is 4.93. The van der Waals surface area contributed by atoms with Crippen molar-refractivity contribution in [3.8, 4) is 0 Å². The zero-order valence-electron chi connectivity index (χ0n) is 16.5. The number of benzene rings is 1. The molecule has 1 atom stereocenters. The molecule has 2 N–H and O–H groups in total. The first-order valence-electron chi connectivity index (χ1n) is 9.43. The predicted octanol–water partition coefficient (Wildman–Crippen LogP) is 2.77. The van der Waals surface area contributed by atoms with Crippen LogP contribution in [0.5, 0.6) is 0 Å². The lowest BCUT2D eigenvalue weighted by Gasteiger charge is -2.19. The Labute approximate surface area is 171 Å². The topological polar surface area (TPSA) is 74.6 Å². The Kier molecular flexibility index (Phi) is 9.65. The normalized spacial score (nSPS) is 12.0. The van der Waals surface area contributed by atoms with Gasteiger partial charge in [0.25, 0.3) is 5.91 Å². The lowest BCUT2D eigenvalue weighted by molar-refractivity contribution is -0.123. The molecule has 0 aliphatic carbocycles. The van der Waals surface area contributed by atoms with Crippen LogP contribution in [0.3, 0.4) is 0 Å². The fraction of sp³-hybridized carbons (Fsp3) is 0.429. The molecule has 6 nitrogen and oxygen atoms in total. The molecule has 1 heterocycles. The molecule has 1 unspecified atom stereocenters. The highest BCUT2D eigenvalue weighted by atomic mass is 32.2. The summed E-state index contributed by atoms with van der Waals surface area (Å²) in [5.41, 5.74) is 1.27. The highest BCUT2D eigenvalue weighted by molar-refractivity contribution is 7.98. The van der Waals surface area contributed by atoms with Gasteiger partial charge in [0.2, 0.25) is 5.91 Å². The van der Waals surface area contributed by atoms with Crippen molar-refractivity contribution in [1.29, 1.82) is 0 Å². The standard InChI is InChI=1S/C21H29N3O3S/c1-24(16-17-8-4-3-5-9-17)13-7-12-22-20(25)18(11-15-28-2)23-21(26)19-10-6-14-27-19/h3-6,8-10,14,18H,7,11-13,15-16H2,1-2H3,(H,22,25)(H,23,26). The molecule has 0 saturated carbocycles. The molecule has 2 aromatic rings. The largest absolute Gasteiger partial charge is 0.459 e. The summed E-state index contributed by atoms with van der Waals surface area (Å²) in [6.07, 6.45) is 4.84. The van der Waals surface area contributed by atoms with Crippen molar-refractivity contribution in [3.05, 3.63) is 60.1 Å². The van der Waals surface area contributed by atoms with Gasteiger partial charge in [-0.1, -0.05) is 30.3 Å². The third kappa shape index (κ3) is 7.78. The van der Waals surface area contributed by atoms with E-state index < -0.39 is 6.04 Å². The Balaban J connectivity index is 1.73. The van der Waals surface area contributed by atoms with E-state index in [0.717, 1.165) is 25.3 Å². The molecule has 7 heteroatoms. The van der Waals surface area contributed by atoms with Gasteiger partial charge in [-0.2, -0.15) is 11.8 Å². The third-order valence-electron chi connectivity index (χ3n) is 4.29. The van der Waals surface area contributed by atoms with Crippen LogP contribution < -0.4 is 10.6 Å². The number of hydrogen-bond acceptors (Lipinski definition) is 5. The van der Waals surface area contributed by atoms with Gasteiger partial charge in [-0.05, 0) is 56.1 Å². The summed E-state index contributed by atoms with van der Waals surface area (Å²) >= 11 is 1.64. The highest BCUT2D eigenvalue weighted by Crippen LogP contribution is 2.05. The maximum atomic E-state index is 12.5. The minimum absolute atomic E-state index is 0.153. The van der Waals surface area contributed by atoms with Crippen molar-refractivity contribution in [3.63, 3.8) is 0 Å². The number of amides is 2. The second kappa shape index (κ2) is 12.3. The number of nitrogens with zero attached hydrogens (tertiary/aromatic N) is 1. The minimum Gasteiger partial charge on any atom is -0.459 e. The van der Waals surface area contributed by atoms with Crippen LogP contribution in [0, 0.1) is 0 Å². The first-order chi connectivity index (χ1) is 13.6. The number of furan rings is 1. The summed E-state index contributed by atoms with van der Waals surface area (Å²) in [5, 5.41) is 5.71. The molecule has 2 rings (SSSR count). The van der Waals surface area contributed by atoms with Crippen molar-refractivity contribution >= 4 is 23.6 Å². The molecule has 0 saturated heterocycles. The Morgan fingerprint density at radius 3 is 2.64 bits per heavy atom. The Morgan fingerprint density at radius 1 is 1.18 bits per heavy atom. The maximum absolute atomic E-state index is 12.5. The van der Waals surface area contributed by atoms with Crippen LogP contribution in [0.4, 0.5) is 0 Å².